The molecule has 5 nitrogen and oxygen atoms in total. The van der Waals surface area contributed by atoms with E-state index in [4.69, 9.17) is 0 Å². The van der Waals surface area contributed by atoms with E-state index >= 15 is 0 Å². The number of likely N-dealkylation sites (N-methyl/N-ethyl adjacent to an activating group) is 1. The van der Waals surface area contributed by atoms with Crippen molar-refractivity contribution in [2.45, 2.75) is 38.3 Å². The Balaban J connectivity index is 1.44. The first kappa shape index (κ1) is 17.7. The van der Waals surface area contributed by atoms with Crippen molar-refractivity contribution in [2.75, 3.05) is 26.7 Å². The minimum Gasteiger partial charge on any atom is -0.340 e. The number of aryl methyl sites for hydroxylation is 1. The van der Waals surface area contributed by atoms with Crippen LogP contribution >= 0.6 is 0 Å². The number of benzene rings is 1. The van der Waals surface area contributed by atoms with Gasteiger partial charge in [0, 0.05) is 32.0 Å². The van der Waals surface area contributed by atoms with Gasteiger partial charge in [-0.1, -0.05) is 30.3 Å². The number of nitrogens with zero attached hydrogens (tertiary/aromatic N) is 4. The lowest BCUT2D eigenvalue weighted by atomic mass is 10.0. The zero-order chi connectivity index (χ0) is 17.5. The molecule has 0 aliphatic carbocycles. The molecule has 134 valence electrons. The Morgan fingerprint density at radius 1 is 1.28 bits per heavy atom. The lowest BCUT2D eigenvalue weighted by molar-refractivity contribution is -0.133. The van der Waals surface area contributed by atoms with Crippen LogP contribution in [0.25, 0.3) is 0 Å². The van der Waals surface area contributed by atoms with Crippen LogP contribution in [0.5, 0.6) is 0 Å². The maximum Gasteiger partial charge on any atom is 0.244 e. The summed E-state index contributed by atoms with van der Waals surface area (Å²) in [6.45, 7) is 3.56. The summed E-state index contributed by atoms with van der Waals surface area (Å²) < 4.78 is 1.69. The van der Waals surface area contributed by atoms with E-state index in [1.165, 1.54) is 12.0 Å². The van der Waals surface area contributed by atoms with Crippen LogP contribution < -0.4 is 0 Å². The van der Waals surface area contributed by atoms with Crippen molar-refractivity contribution in [3.8, 4) is 0 Å². The summed E-state index contributed by atoms with van der Waals surface area (Å²) in [6.07, 6.45) is 8.09. The van der Waals surface area contributed by atoms with Gasteiger partial charge in [-0.25, -0.2) is 0 Å². The number of carbonyl (C=O) groups excluding carboxylic acids is 1. The molecule has 1 amide bonds. The summed E-state index contributed by atoms with van der Waals surface area (Å²) in [7, 11) is 1.93. The third-order valence-electron chi connectivity index (χ3n) is 5.06. The van der Waals surface area contributed by atoms with Crippen molar-refractivity contribution in [1.82, 2.24) is 19.6 Å². The molecule has 1 aliphatic rings. The molecular weight excluding hydrogens is 312 g/mol. The van der Waals surface area contributed by atoms with Crippen molar-refractivity contribution < 1.29 is 4.79 Å². The number of likely N-dealkylation sites (tertiary alicyclic amines) is 1. The van der Waals surface area contributed by atoms with E-state index in [0.29, 0.717) is 12.6 Å². The molecule has 1 fully saturated rings. The number of hydrogen-bond acceptors (Lipinski definition) is 3. The number of amides is 1. The molecule has 2 aromatic rings. The quantitative estimate of drug-likeness (QED) is 0.777. The standard InChI is InChI=1S/C20H28N4O/c1-22(20(25)17-24-15-7-12-21-24)19-11-6-14-23(16-19)13-5-10-18-8-3-2-4-9-18/h2-4,7-9,12,15,19H,5-6,10-11,13-14,16-17H2,1H3/t19-/m0/s1. The molecule has 1 aromatic carbocycles. The topological polar surface area (TPSA) is 41.4 Å². The fourth-order valence-electron chi connectivity index (χ4n) is 3.55. The maximum atomic E-state index is 12.5. The summed E-state index contributed by atoms with van der Waals surface area (Å²) in [4.78, 5) is 16.9. The molecule has 2 heterocycles. The van der Waals surface area contributed by atoms with Gasteiger partial charge in [0.25, 0.3) is 0 Å². The van der Waals surface area contributed by atoms with Crippen LogP contribution in [0.1, 0.15) is 24.8 Å². The summed E-state index contributed by atoms with van der Waals surface area (Å²) >= 11 is 0. The Bertz CT molecular complexity index is 641. The van der Waals surface area contributed by atoms with Crippen molar-refractivity contribution in [3.05, 3.63) is 54.4 Å². The van der Waals surface area contributed by atoms with E-state index in [9.17, 15) is 4.79 Å². The molecule has 1 aliphatic heterocycles. The van der Waals surface area contributed by atoms with E-state index in [2.05, 4.69) is 40.3 Å². The van der Waals surface area contributed by atoms with Gasteiger partial charge in [-0.15, -0.1) is 0 Å². The normalized spacial score (nSPS) is 18.2. The first-order valence-corrected chi connectivity index (χ1v) is 9.22. The number of hydrogen-bond donors (Lipinski definition) is 0. The molecule has 0 unspecified atom stereocenters. The Kier molecular flexibility index (Phi) is 6.23. The molecule has 0 bridgehead atoms. The van der Waals surface area contributed by atoms with Gasteiger partial charge in [0.05, 0.1) is 0 Å². The fraction of sp³-hybridized carbons (Fsp3) is 0.500. The van der Waals surface area contributed by atoms with E-state index in [1.807, 2.05) is 24.2 Å². The monoisotopic (exact) mass is 340 g/mol. The second kappa shape index (κ2) is 8.81. The van der Waals surface area contributed by atoms with E-state index in [-0.39, 0.29) is 5.91 Å². The van der Waals surface area contributed by atoms with Gasteiger partial charge < -0.3 is 9.80 Å². The van der Waals surface area contributed by atoms with Crippen LogP contribution in [0.3, 0.4) is 0 Å². The fourth-order valence-corrected chi connectivity index (χ4v) is 3.55. The predicted molar refractivity (Wildman–Crippen MR) is 99.2 cm³/mol. The van der Waals surface area contributed by atoms with E-state index < -0.39 is 0 Å². The van der Waals surface area contributed by atoms with Gasteiger partial charge >= 0.3 is 0 Å². The first-order chi connectivity index (χ1) is 12.2. The van der Waals surface area contributed by atoms with Crippen LogP contribution in [-0.4, -0.2) is 58.2 Å². The summed E-state index contributed by atoms with van der Waals surface area (Å²) in [6, 6.07) is 12.8. The second-order valence-corrected chi connectivity index (χ2v) is 6.89. The largest absolute Gasteiger partial charge is 0.340 e. The predicted octanol–water partition coefficient (Wildman–Crippen LogP) is 2.44. The highest BCUT2D eigenvalue weighted by Crippen LogP contribution is 2.16. The molecule has 0 spiro atoms. The van der Waals surface area contributed by atoms with Crippen LogP contribution in [0.2, 0.25) is 0 Å². The summed E-state index contributed by atoms with van der Waals surface area (Å²) in [5, 5.41) is 4.13. The van der Waals surface area contributed by atoms with Crippen molar-refractivity contribution in [2.24, 2.45) is 0 Å². The highest BCUT2D eigenvalue weighted by atomic mass is 16.2. The summed E-state index contributed by atoms with van der Waals surface area (Å²) in [5.41, 5.74) is 1.41. The van der Waals surface area contributed by atoms with E-state index in [1.54, 1.807) is 10.9 Å². The SMILES string of the molecule is CN(C(=O)Cn1cccn1)[C@H]1CCCN(CCCc2ccccc2)C1. The Morgan fingerprint density at radius 2 is 2.12 bits per heavy atom. The lowest BCUT2D eigenvalue weighted by Gasteiger charge is -2.37. The average molecular weight is 340 g/mol. The molecule has 0 radical (unpaired) electrons. The number of aromatic nitrogens is 2. The number of piperidine rings is 1. The Hall–Kier alpha value is -2.14. The lowest BCUT2D eigenvalue weighted by Crippen LogP contribution is -2.49. The highest BCUT2D eigenvalue weighted by molar-refractivity contribution is 5.76. The van der Waals surface area contributed by atoms with E-state index in [0.717, 1.165) is 38.9 Å². The van der Waals surface area contributed by atoms with Gasteiger partial charge in [0.15, 0.2) is 0 Å². The molecule has 25 heavy (non-hydrogen) atoms. The van der Waals surface area contributed by atoms with Gasteiger partial charge in [0.1, 0.15) is 6.54 Å². The van der Waals surface area contributed by atoms with Crippen LogP contribution in [0.15, 0.2) is 48.8 Å². The van der Waals surface area contributed by atoms with Crippen LogP contribution in [0, 0.1) is 0 Å². The molecule has 3 rings (SSSR count). The minimum atomic E-state index is 0.139. The van der Waals surface area contributed by atoms with Gasteiger partial charge in [-0.05, 0) is 50.4 Å². The highest BCUT2D eigenvalue weighted by Gasteiger charge is 2.25. The molecule has 1 atom stereocenters. The summed E-state index contributed by atoms with van der Waals surface area (Å²) in [5.74, 6) is 0.139. The van der Waals surface area contributed by atoms with Gasteiger partial charge in [-0.2, -0.15) is 5.10 Å². The average Bonchev–Trinajstić information content (AvgIpc) is 3.15. The second-order valence-electron chi connectivity index (χ2n) is 6.89. The third kappa shape index (κ3) is 5.16. The number of carbonyl (C=O) groups is 1. The minimum absolute atomic E-state index is 0.139. The van der Waals surface area contributed by atoms with Crippen molar-refractivity contribution in [3.63, 3.8) is 0 Å². The molecule has 0 N–H and O–H groups in total. The van der Waals surface area contributed by atoms with Crippen molar-refractivity contribution >= 4 is 5.91 Å². The zero-order valence-electron chi connectivity index (χ0n) is 15.1. The molecule has 5 heteroatoms. The molecule has 1 saturated heterocycles. The molecule has 1 aromatic heterocycles. The van der Waals surface area contributed by atoms with Gasteiger partial charge in [0.2, 0.25) is 5.91 Å². The maximum absolute atomic E-state index is 12.5. The van der Waals surface area contributed by atoms with Gasteiger partial charge in [-0.3, -0.25) is 9.48 Å². The zero-order valence-corrected chi connectivity index (χ0v) is 15.1. The Labute approximate surface area is 150 Å². The molecular formula is C20H28N4O. The van der Waals surface area contributed by atoms with Crippen LogP contribution in [0.4, 0.5) is 0 Å². The number of rotatable bonds is 7. The van der Waals surface area contributed by atoms with Crippen molar-refractivity contribution in [1.29, 1.82) is 0 Å². The smallest absolute Gasteiger partial charge is 0.244 e. The van der Waals surface area contributed by atoms with Crippen LogP contribution in [-0.2, 0) is 17.8 Å². The third-order valence-corrected chi connectivity index (χ3v) is 5.06. The molecule has 0 saturated carbocycles. The Morgan fingerprint density at radius 3 is 2.88 bits per heavy atom. The first-order valence-electron chi connectivity index (χ1n) is 9.22.